The molecule has 0 aliphatic carbocycles. The molecular formula is C22H23N3O4. The lowest BCUT2D eigenvalue weighted by Crippen LogP contribution is -2.44. The second kappa shape index (κ2) is 6.86. The molecule has 0 saturated carbocycles. The van der Waals surface area contributed by atoms with Crippen LogP contribution in [0.2, 0.25) is 0 Å². The third-order valence-corrected chi connectivity index (χ3v) is 6.17. The van der Waals surface area contributed by atoms with Gasteiger partial charge in [-0.1, -0.05) is 18.2 Å². The average molecular weight is 393 g/mol. The van der Waals surface area contributed by atoms with E-state index in [2.05, 4.69) is 10.0 Å². The molecule has 3 fully saturated rings. The van der Waals surface area contributed by atoms with Crippen LogP contribution in [0.1, 0.15) is 18.0 Å². The SMILES string of the molecule is COc1ccc([C@H]2[C@H]3C(=O)N(c4cccc(OC)c4)C(=O)[C@H]3N3CCCN23)cc1. The van der Waals surface area contributed by atoms with Crippen molar-refractivity contribution in [3.63, 3.8) is 0 Å². The van der Waals surface area contributed by atoms with Crippen LogP contribution >= 0.6 is 0 Å². The summed E-state index contributed by atoms with van der Waals surface area (Å²) in [5.74, 6) is 0.658. The van der Waals surface area contributed by atoms with Crippen molar-refractivity contribution in [2.45, 2.75) is 18.5 Å². The maximum Gasteiger partial charge on any atom is 0.253 e. The fraction of sp³-hybridized carbons (Fsp3) is 0.364. The van der Waals surface area contributed by atoms with Crippen molar-refractivity contribution in [3.8, 4) is 11.5 Å². The lowest BCUT2D eigenvalue weighted by molar-refractivity contribution is -0.126. The average Bonchev–Trinajstić information content (AvgIpc) is 3.40. The third-order valence-electron chi connectivity index (χ3n) is 6.17. The van der Waals surface area contributed by atoms with Gasteiger partial charge < -0.3 is 9.47 Å². The molecule has 2 aromatic rings. The van der Waals surface area contributed by atoms with Gasteiger partial charge in [-0.05, 0) is 36.2 Å². The summed E-state index contributed by atoms with van der Waals surface area (Å²) in [7, 11) is 3.21. The Kier molecular flexibility index (Phi) is 4.29. The number of ether oxygens (including phenoxy) is 2. The van der Waals surface area contributed by atoms with Crippen LogP contribution in [0.3, 0.4) is 0 Å². The minimum Gasteiger partial charge on any atom is -0.497 e. The number of carbonyl (C=O) groups is 2. The summed E-state index contributed by atoms with van der Waals surface area (Å²) in [5, 5.41) is 4.30. The minimum atomic E-state index is -0.455. The van der Waals surface area contributed by atoms with Gasteiger partial charge in [0.25, 0.3) is 5.91 Å². The van der Waals surface area contributed by atoms with Gasteiger partial charge in [-0.2, -0.15) is 0 Å². The third kappa shape index (κ3) is 2.65. The van der Waals surface area contributed by atoms with Crippen LogP contribution in [0, 0.1) is 5.92 Å². The molecule has 0 bridgehead atoms. The first kappa shape index (κ1) is 18.1. The number of benzene rings is 2. The molecule has 3 saturated heterocycles. The molecule has 3 heterocycles. The number of carbonyl (C=O) groups excluding carboxylic acids is 2. The zero-order valence-corrected chi connectivity index (χ0v) is 16.4. The predicted molar refractivity (Wildman–Crippen MR) is 107 cm³/mol. The Morgan fingerprint density at radius 3 is 2.21 bits per heavy atom. The van der Waals surface area contributed by atoms with Crippen LogP contribution in [0.25, 0.3) is 0 Å². The molecule has 29 heavy (non-hydrogen) atoms. The van der Waals surface area contributed by atoms with Crippen molar-refractivity contribution in [1.29, 1.82) is 0 Å². The molecule has 150 valence electrons. The van der Waals surface area contributed by atoms with Gasteiger partial charge in [0.05, 0.1) is 31.9 Å². The highest BCUT2D eigenvalue weighted by molar-refractivity contribution is 6.24. The number of amides is 2. The summed E-state index contributed by atoms with van der Waals surface area (Å²) in [4.78, 5) is 28.3. The number of hydrogen-bond acceptors (Lipinski definition) is 6. The molecule has 0 N–H and O–H groups in total. The minimum absolute atomic E-state index is 0.150. The Morgan fingerprint density at radius 1 is 0.828 bits per heavy atom. The van der Waals surface area contributed by atoms with E-state index in [4.69, 9.17) is 9.47 Å². The highest BCUT2D eigenvalue weighted by Crippen LogP contribution is 2.49. The molecule has 7 nitrogen and oxygen atoms in total. The van der Waals surface area contributed by atoms with Crippen LogP contribution in [0.4, 0.5) is 5.69 Å². The number of imide groups is 1. The number of nitrogens with zero attached hydrogens (tertiary/aromatic N) is 3. The summed E-state index contributed by atoms with van der Waals surface area (Å²) in [5.41, 5.74) is 1.59. The molecule has 3 aliphatic rings. The van der Waals surface area contributed by atoms with Gasteiger partial charge in [0.2, 0.25) is 5.91 Å². The quantitative estimate of drug-likeness (QED) is 0.743. The first-order valence-corrected chi connectivity index (χ1v) is 9.83. The standard InChI is InChI=1S/C22H23N3O4/c1-28-16-9-7-14(8-10-16)19-18-20(24-12-4-11-23(19)24)22(27)25(21(18)26)15-5-3-6-17(13-15)29-2/h3,5-10,13,18-20H,4,11-12H2,1-2H3/t18-,19+,20+/m1/s1. The van der Waals surface area contributed by atoms with Crippen LogP contribution in [0.5, 0.6) is 11.5 Å². The van der Waals surface area contributed by atoms with Crippen LogP contribution in [-0.4, -0.2) is 55.2 Å². The van der Waals surface area contributed by atoms with Crippen molar-refractivity contribution in [3.05, 3.63) is 54.1 Å². The number of methoxy groups -OCH3 is 2. The summed E-state index contributed by atoms with van der Waals surface area (Å²) in [6, 6.07) is 14.3. The number of fused-ring (bicyclic) bond motifs is 3. The van der Waals surface area contributed by atoms with Crippen LogP contribution in [-0.2, 0) is 9.59 Å². The van der Waals surface area contributed by atoms with E-state index in [9.17, 15) is 9.59 Å². The number of hydrazine groups is 1. The number of rotatable bonds is 4. The number of hydrogen-bond donors (Lipinski definition) is 0. The first-order valence-electron chi connectivity index (χ1n) is 9.83. The van der Waals surface area contributed by atoms with Crippen molar-refractivity contribution in [1.82, 2.24) is 10.0 Å². The molecule has 0 radical (unpaired) electrons. The maximum absolute atomic E-state index is 13.5. The topological polar surface area (TPSA) is 62.3 Å². The smallest absolute Gasteiger partial charge is 0.253 e. The molecule has 3 atom stereocenters. The highest BCUT2D eigenvalue weighted by Gasteiger charge is 2.62. The Bertz CT molecular complexity index is 961. The monoisotopic (exact) mass is 393 g/mol. The molecule has 0 unspecified atom stereocenters. The van der Waals surface area contributed by atoms with Gasteiger partial charge in [-0.25, -0.2) is 14.9 Å². The molecule has 0 aromatic heterocycles. The van der Waals surface area contributed by atoms with Crippen molar-refractivity contribution in [2.24, 2.45) is 5.92 Å². The second-order valence-corrected chi connectivity index (χ2v) is 7.58. The molecule has 2 amide bonds. The second-order valence-electron chi connectivity index (χ2n) is 7.58. The Labute approximate surface area is 169 Å². The van der Waals surface area contributed by atoms with E-state index in [1.807, 2.05) is 24.3 Å². The Morgan fingerprint density at radius 2 is 1.52 bits per heavy atom. The Hall–Kier alpha value is -2.90. The summed E-state index contributed by atoms with van der Waals surface area (Å²) < 4.78 is 10.6. The van der Waals surface area contributed by atoms with Gasteiger partial charge in [0.1, 0.15) is 17.5 Å². The van der Waals surface area contributed by atoms with E-state index in [1.165, 1.54) is 4.90 Å². The van der Waals surface area contributed by atoms with E-state index in [0.29, 0.717) is 11.4 Å². The van der Waals surface area contributed by atoms with Gasteiger partial charge in [-0.3, -0.25) is 9.59 Å². The van der Waals surface area contributed by atoms with Gasteiger partial charge in [0, 0.05) is 19.2 Å². The summed E-state index contributed by atoms with van der Waals surface area (Å²) in [6.07, 6.45) is 0.983. The van der Waals surface area contributed by atoms with E-state index in [-0.39, 0.29) is 17.9 Å². The lowest BCUT2D eigenvalue weighted by Gasteiger charge is -2.29. The van der Waals surface area contributed by atoms with Crippen molar-refractivity contribution >= 4 is 17.5 Å². The summed E-state index contributed by atoms with van der Waals surface area (Å²) >= 11 is 0. The van der Waals surface area contributed by atoms with Crippen LogP contribution < -0.4 is 14.4 Å². The fourth-order valence-electron chi connectivity index (χ4n) is 4.92. The van der Waals surface area contributed by atoms with E-state index in [0.717, 1.165) is 30.8 Å². The number of anilines is 1. The van der Waals surface area contributed by atoms with Gasteiger partial charge in [-0.15, -0.1) is 0 Å². The fourth-order valence-corrected chi connectivity index (χ4v) is 4.92. The molecule has 3 aliphatic heterocycles. The summed E-state index contributed by atoms with van der Waals surface area (Å²) in [6.45, 7) is 1.64. The maximum atomic E-state index is 13.5. The normalized spacial score (nSPS) is 26.7. The zero-order chi connectivity index (χ0) is 20.1. The van der Waals surface area contributed by atoms with E-state index >= 15 is 0 Å². The highest BCUT2D eigenvalue weighted by atomic mass is 16.5. The molecule has 5 rings (SSSR count). The molecule has 2 aromatic carbocycles. The molecule has 0 spiro atoms. The molecule has 7 heteroatoms. The van der Waals surface area contributed by atoms with Gasteiger partial charge in [0.15, 0.2) is 0 Å². The molecular weight excluding hydrogens is 370 g/mol. The lowest BCUT2D eigenvalue weighted by atomic mass is 9.90. The van der Waals surface area contributed by atoms with E-state index in [1.54, 1.807) is 38.5 Å². The zero-order valence-electron chi connectivity index (χ0n) is 16.4. The predicted octanol–water partition coefficient (Wildman–Crippen LogP) is 2.24. The van der Waals surface area contributed by atoms with Crippen LogP contribution in [0.15, 0.2) is 48.5 Å². The van der Waals surface area contributed by atoms with Crippen molar-refractivity contribution < 1.29 is 19.1 Å². The van der Waals surface area contributed by atoms with Gasteiger partial charge >= 0.3 is 0 Å². The first-order chi connectivity index (χ1) is 14.1. The Balaban J connectivity index is 1.55. The largest absolute Gasteiger partial charge is 0.497 e. The van der Waals surface area contributed by atoms with E-state index < -0.39 is 12.0 Å². The van der Waals surface area contributed by atoms with Crippen molar-refractivity contribution in [2.75, 3.05) is 32.2 Å².